The van der Waals surface area contributed by atoms with Crippen molar-refractivity contribution in [2.75, 3.05) is 0 Å². The van der Waals surface area contributed by atoms with Crippen molar-refractivity contribution >= 4 is 17.5 Å². The van der Waals surface area contributed by atoms with Crippen LogP contribution in [0.3, 0.4) is 0 Å². The molecular weight excluding hydrogens is 323 g/mol. The Morgan fingerprint density at radius 1 is 1.48 bits per heavy atom. The minimum absolute atomic E-state index is 0.0349. The first kappa shape index (κ1) is 15.7. The summed E-state index contributed by atoms with van der Waals surface area (Å²) in [7, 11) is 1.66. The number of halogens is 2. The van der Waals surface area contributed by atoms with Crippen LogP contribution in [0.15, 0.2) is 23.0 Å². The zero-order valence-corrected chi connectivity index (χ0v) is 13.3. The first-order chi connectivity index (χ1) is 11.0. The van der Waals surface area contributed by atoms with E-state index in [2.05, 4.69) is 10.4 Å². The lowest BCUT2D eigenvalue weighted by Crippen LogP contribution is -2.33. The molecule has 1 fully saturated rings. The minimum atomic E-state index is -0.534. The number of hydrogen-bond acceptors (Lipinski definition) is 3. The molecule has 0 bridgehead atoms. The lowest BCUT2D eigenvalue weighted by molar-refractivity contribution is -0.122. The number of rotatable bonds is 5. The molecule has 1 aromatic carbocycles. The van der Waals surface area contributed by atoms with E-state index in [-0.39, 0.29) is 29.7 Å². The Balaban J connectivity index is 1.62. The lowest BCUT2D eigenvalue weighted by Gasteiger charge is -2.05. The van der Waals surface area contributed by atoms with Crippen LogP contribution < -0.4 is 11.0 Å². The summed E-state index contributed by atoms with van der Waals surface area (Å²) < 4.78 is 16.0. The molecule has 0 spiro atoms. The standard InChI is InChI=1S/C15H16ClFN4O2/c1-20-14(10-3-4-10)19-21(15(20)23)8-13(22)18-7-9-2-5-11(16)12(17)6-9/h2,5-6,10H,3-4,7-8H2,1H3,(H,18,22). The molecule has 1 amide bonds. The summed E-state index contributed by atoms with van der Waals surface area (Å²) in [6.45, 7) is -0.000542. The van der Waals surface area contributed by atoms with Gasteiger partial charge in [-0.3, -0.25) is 9.36 Å². The topological polar surface area (TPSA) is 68.9 Å². The molecule has 0 atom stereocenters. The van der Waals surface area contributed by atoms with Gasteiger partial charge in [0.05, 0.1) is 5.02 Å². The maximum atomic E-state index is 13.3. The van der Waals surface area contributed by atoms with Gasteiger partial charge in [0, 0.05) is 19.5 Å². The molecule has 1 saturated carbocycles. The van der Waals surface area contributed by atoms with E-state index >= 15 is 0 Å². The molecule has 0 saturated heterocycles. The van der Waals surface area contributed by atoms with Crippen molar-refractivity contribution in [1.82, 2.24) is 19.7 Å². The molecule has 122 valence electrons. The Morgan fingerprint density at radius 2 is 2.22 bits per heavy atom. The fourth-order valence-electron chi connectivity index (χ4n) is 2.35. The van der Waals surface area contributed by atoms with Gasteiger partial charge >= 0.3 is 5.69 Å². The van der Waals surface area contributed by atoms with Gasteiger partial charge < -0.3 is 5.32 Å². The lowest BCUT2D eigenvalue weighted by atomic mass is 10.2. The molecule has 1 aliphatic rings. The second kappa shape index (κ2) is 6.16. The van der Waals surface area contributed by atoms with Gasteiger partial charge in [-0.1, -0.05) is 17.7 Å². The third-order valence-corrected chi connectivity index (χ3v) is 4.09. The van der Waals surface area contributed by atoms with Crippen LogP contribution in [0.5, 0.6) is 0 Å². The highest BCUT2D eigenvalue weighted by molar-refractivity contribution is 6.30. The SMILES string of the molecule is Cn1c(C2CC2)nn(CC(=O)NCc2ccc(Cl)c(F)c2)c1=O. The smallest absolute Gasteiger partial charge is 0.346 e. The molecule has 1 heterocycles. The fourth-order valence-corrected chi connectivity index (χ4v) is 2.46. The quantitative estimate of drug-likeness (QED) is 0.899. The van der Waals surface area contributed by atoms with Crippen molar-refractivity contribution in [2.24, 2.45) is 7.05 Å². The van der Waals surface area contributed by atoms with E-state index in [9.17, 15) is 14.0 Å². The number of carbonyl (C=O) groups excluding carboxylic acids is 1. The average molecular weight is 339 g/mol. The Kier molecular flexibility index (Phi) is 4.21. The van der Waals surface area contributed by atoms with Crippen molar-refractivity contribution in [3.05, 3.63) is 50.9 Å². The first-order valence-electron chi connectivity index (χ1n) is 7.30. The zero-order chi connectivity index (χ0) is 16.6. The summed E-state index contributed by atoms with van der Waals surface area (Å²) >= 11 is 5.60. The molecule has 1 N–H and O–H groups in total. The van der Waals surface area contributed by atoms with Crippen LogP contribution in [0, 0.1) is 5.82 Å². The largest absolute Gasteiger partial charge is 0.350 e. The molecule has 23 heavy (non-hydrogen) atoms. The number of amides is 1. The summed E-state index contributed by atoms with van der Waals surface area (Å²) in [4.78, 5) is 24.0. The van der Waals surface area contributed by atoms with E-state index in [4.69, 9.17) is 11.6 Å². The fraction of sp³-hybridized carbons (Fsp3) is 0.400. The molecule has 1 aliphatic carbocycles. The molecule has 1 aromatic heterocycles. The Labute approximate surface area is 136 Å². The molecule has 0 unspecified atom stereocenters. The maximum absolute atomic E-state index is 13.3. The predicted octanol–water partition coefficient (Wildman–Crippen LogP) is 1.57. The number of nitrogens with zero attached hydrogens (tertiary/aromatic N) is 3. The van der Waals surface area contributed by atoms with Gasteiger partial charge in [0.25, 0.3) is 0 Å². The molecule has 0 aliphatic heterocycles. The third kappa shape index (κ3) is 3.44. The molecule has 3 rings (SSSR count). The monoisotopic (exact) mass is 338 g/mol. The van der Waals surface area contributed by atoms with Crippen LogP contribution >= 0.6 is 11.6 Å². The normalized spacial score (nSPS) is 14.0. The van der Waals surface area contributed by atoms with Gasteiger partial charge in [-0.05, 0) is 30.5 Å². The summed E-state index contributed by atoms with van der Waals surface area (Å²) in [5.74, 6) is 0.160. The van der Waals surface area contributed by atoms with E-state index in [1.807, 2.05) is 0 Å². The van der Waals surface area contributed by atoms with Crippen LogP contribution in [0.1, 0.15) is 30.1 Å². The van der Waals surface area contributed by atoms with Crippen LogP contribution in [0.25, 0.3) is 0 Å². The summed E-state index contributed by atoms with van der Waals surface area (Å²) in [5, 5.41) is 6.89. The summed E-state index contributed by atoms with van der Waals surface area (Å²) in [6.07, 6.45) is 2.05. The molecule has 8 heteroatoms. The van der Waals surface area contributed by atoms with Gasteiger partial charge in [0.15, 0.2) is 0 Å². The van der Waals surface area contributed by atoms with E-state index in [1.54, 1.807) is 13.1 Å². The second-order valence-electron chi connectivity index (χ2n) is 5.66. The van der Waals surface area contributed by atoms with Crippen molar-refractivity contribution in [3.8, 4) is 0 Å². The Morgan fingerprint density at radius 3 is 2.87 bits per heavy atom. The van der Waals surface area contributed by atoms with Crippen molar-refractivity contribution < 1.29 is 9.18 Å². The van der Waals surface area contributed by atoms with Crippen molar-refractivity contribution in [3.63, 3.8) is 0 Å². The van der Waals surface area contributed by atoms with E-state index in [0.717, 1.165) is 23.3 Å². The maximum Gasteiger partial charge on any atom is 0.346 e. The molecular formula is C15H16ClFN4O2. The van der Waals surface area contributed by atoms with Gasteiger partial charge in [0.2, 0.25) is 5.91 Å². The summed E-state index contributed by atoms with van der Waals surface area (Å²) in [6, 6.07) is 4.33. The van der Waals surface area contributed by atoms with Crippen molar-refractivity contribution in [1.29, 1.82) is 0 Å². The number of hydrogen-bond donors (Lipinski definition) is 1. The molecule has 0 radical (unpaired) electrons. The number of nitrogens with one attached hydrogen (secondary N) is 1. The van der Waals surface area contributed by atoms with E-state index in [0.29, 0.717) is 11.5 Å². The van der Waals surface area contributed by atoms with E-state index in [1.165, 1.54) is 16.7 Å². The van der Waals surface area contributed by atoms with Gasteiger partial charge in [0.1, 0.15) is 18.2 Å². The van der Waals surface area contributed by atoms with Crippen LogP contribution in [-0.2, 0) is 24.9 Å². The summed E-state index contributed by atoms with van der Waals surface area (Å²) in [5.41, 5.74) is 0.284. The number of benzene rings is 1. The second-order valence-corrected chi connectivity index (χ2v) is 6.06. The Hall–Kier alpha value is -2.15. The highest BCUT2D eigenvalue weighted by Crippen LogP contribution is 2.38. The van der Waals surface area contributed by atoms with Crippen LogP contribution in [0.2, 0.25) is 5.02 Å². The number of carbonyl (C=O) groups is 1. The van der Waals surface area contributed by atoms with E-state index < -0.39 is 5.82 Å². The average Bonchev–Trinajstić information content (AvgIpc) is 3.32. The van der Waals surface area contributed by atoms with Gasteiger partial charge in [-0.2, -0.15) is 5.10 Å². The molecule has 6 nitrogen and oxygen atoms in total. The minimum Gasteiger partial charge on any atom is -0.350 e. The van der Waals surface area contributed by atoms with Crippen molar-refractivity contribution in [2.45, 2.75) is 31.8 Å². The first-order valence-corrected chi connectivity index (χ1v) is 7.68. The predicted molar refractivity (Wildman–Crippen MR) is 82.7 cm³/mol. The molecule has 2 aromatic rings. The van der Waals surface area contributed by atoms with Gasteiger partial charge in [-0.15, -0.1) is 0 Å². The third-order valence-electron chi connectivity index (χ3n) is 3.78. The highest BCUT2D eigenvalue weighted by Gasteiger charge is 2.30. The van der Waals surface area contributed by atoms with Crippen LogP contribution in [-0.4, -0.2) is 20.3 Å². The van der Waals surface area contributed by atoms with Gasteiger partial charge in [-0.25, -0.2) is 13.9 Å². The highest BCUT2D eigenvalue weighted by atomic mass is 35.5. The van der Waals surface area contributed by atoms with Crippen LogP contribution in [0.4, 0.5) is 4.39 Å². The Bertz CT molecular complexity index is 810. The zero-order valence-electron chi connectivity index (χ0n) is 12.6. The number of aromatic nitrogens is 3.